The Labute approximate surface area is 241 Å². The molecule has 3 rings (SSSR count). The standard InChI is InChI=1S/C32H53N3O5/c1-8-13-14-20-34(19-11-4)30(39)27-32-16-15-31(12-5,40-32)25(28(37)33(17-9-2)18-10-3)26(32)29(38)35(27)24(22-36)21-23(6)7/h9,11,23-27,36H,2,4,8,10,12-22H2,1,3,5-7H3/t24-,25+,26+,27?,31-,32?/m1/s1. The molecule has 6 atom stereocenters. The highest BCUT2D eigenvalue weighted by Crippen LogP contribution is 2.65. The van der Waals surface area contributed by atoms with Crippen LogP contribution in [-0.2, 0) is 19.1 Å². The summed E-state index contributed by atoms with van der Waals surface area (Å²) in [4.78, 5) is 48.6. The molecule has 0 aromatic heterocycles. The lowest BCUT2D eigenvalue weighted by Gasteiger charge is -2.40. The van der Waals surface area contributed by atoms with Crippen molar-refractivity contribution < 1.29 is 24.2 Å². The van der Waals surface area contributed by atoms with Crippen LogP contribution in [0.2, 0.25) is 0 Å². The maximum atomic E-state index is 14.6. The van der Waals surface area contributed by atoms with E-state index in [2.05, 4.69) is 20.1 Å². The zero-order valence-corrected chi connectivity index (χ0v) is 25.6. The van der Waals surface area contributed by atoms with Gasteiger partial charge in [-0.2, -0.15) is 0 Å². The minimum Gasteiger partial charge on any atom is -0.394 e. The Morgan fingerprint density at radius 3 is 2.23 bits per heavy atom. The van der Waals surface area contributed by atoms with Crippen molar-refractivity contribution >= 4 is 17.7 Å². The quantitative estimate of drug-likeness (QED) is 0.213. The first-order valence-electron chi connectivity index (χ1n) is 15.5. The van der Waals surface area contributed by atoms with Crippen molar-refractivity contribution in [2.24, 2.45) is 17.8 Å². The highest BCUT2D eigenvalue weighted by Gasteiger charge is 2.79. The lowest BCUT2D eigenvalue weighted by Crippen LogP contribution is -2.59. The molecule has 3 aliphatic rings. The molecule has 226 valence electrons. The van der Waals surface area contributed by atoms with E-state index >= 15 is 0 Å². The largest absolute Gasteiger partial charge is 0.394 e. The third kappa shape index (κ3) is 5.63. The van der Waals surface area contributed by atoms with E-state index in [-0.39, 0.29) is 30.2 Å². The molecule has 3 fully saturated rings. The second-order valence-electron chi connectivity index (χ2n) is 12.4. The lowest BCUT2D eigenvalue weighted by molar-refractivity contribution is -0.158. The highest BCUT2D eigenvalue weighted by molar-refractivity contribution is 5.99. The van der Waals surface area contributed by atoms with Crippen molar-refractivity contribution in [1.29, 1.82) is 0 Å². The van der Waals surface area contributed by atoms with Gasteiger partial charge in [-0.15, -0.1) is 13.2 Å². The van der Waals surface area contributed by atoms with Crippen LogP contribution in [0.5, 0.6) is 0 Å². The van der Waals surface area contributed by atoms with Crippen molar-refractivity contribution in [2.75, 3.05) is 32.8 Å². The van der Waals surface area contributed by atoms with Crippen LogP contribution in [0.25, 0.3) is 0 Å². The van der Waals surface area contributed by atoms with Gasteiger partial charge in [-0.3, -0.25) is 14.4 Å². The van der Waals surface area contributed by atoms with Gasteiger partial charge in [0.25, 0.3) is 0 Å². The SMILES string of the molecule is C=CCN(CCCCC)C(=O)C1N([C@@H](CO)CC(C)C)C(=O)[C@@H]2[C@@H](C(=O)N(CC=C)CCC)[C@@]3(CC)CCC12O3. The van der Waals surface area contributed by atoms with Crippen LogP contribution >= 0.6 is 0 Å². The normalized spacial score (nSPS) is 29.5. The zero-order chi connectivity index (χ0) is 29.7. The van der Waals surface area contributed by atoms with E-state index in [4.69, 9.17) is 4.74 Å². The van der Waals surface area contributed by atoms with Crippen molar-refractivity contribution in [1.82, 2.24) is 14.7 Å². The van der Waals surface area contributed by atoms with E-state index in [1.165, 1.54) is 0 Å². The van der Waals surface area contributed by atoms with Crippen molar-refractivity contribution in [2.45, 2.75) is 109 Å². The summed E-state index contributed by atoms with van der Waals surface area (Å²) in [5.41, 5.74) is -1.88. The topological polar surface area (TPSA) is 90.4 Å². The number of likely N-dealkylation sites (tertiary alicyclic amines) is 1. The summed E-state index contributed by atoms with van der Waals surface area (Å²) in [7, 11) is 0. The summed E-state index contributed by atoms with van der Waals surface area (Å²) in [6.45, 7) is 19.7. The molecular formula is C32H53N3O5. The Morgan fingerprint density at radius 2 is 1.70 bits per heavy atom. The average Bonchev–Trinajstić information content (AvgIpc) is 3.54. The van der Waals surface area contributed by atoms with Crippen LogP contribution in [0.3, 0.4) is 0 Å². The van der Waals surface area contributed by atoms with Crippen LogP contribution < -0.4 is 0 Å². The Balaban J connectivity index is 2.15. The Hall–Kier alpha value is -2.19. The summed E-state index contributed by atoms with van der Waals surface area (Å²) in [6, 6.07) is -1.41. The summed E-state index contributed by atoms with van der Waals surface area (Å²) in [6.07, 6.45) is 9.44. The molecule has 0 aliphatic carbocycles. The number of fused-ring (bicyclic) bond motifs is 1. The molecule has 2 unspecified atom stereocenters. The summed E-state index contributed by atoms with van der Waals surface area (Å²) < 4.78 is 6.96. The molecule has 8 heteroatoms. The number of carbonyl (C=O) groups is 3. The van der Waals surface area contributed by atoms with Crippen LogP contribution in [-0.4, -0.2) is 93.6 Å². The highest BCUT2D eigenvalue weighted by atomic mass is 16.5. The van der Waals surface area contributed by atoms with Crippen molar-refractivity contribution in [3.63, 3.8) is 0 Å². The molecule has 8 nitrogen and oxygen atoms in total. The Kier molecular flexibility index (Phi) is 11.0. The van der Waals surface area contributed by atoms with E-state index in [1.54, 1.807) is 26.9 Å². The Morgan fingerprint density at radius 1 is 1.05 bits per heavy atom. The fourth-order valence-corrected chi connectivity index (χ4v) is 7.61. The number of hydrogen-bond acceptors (Lipinski definition) is 5. The molecule has 1 spiro atoms. The molecule has 3 saturated heterocycles. The molecule has 3 aliphatic heterocycles. The molecule has 0 aromatic carbocycles. The third-order valence-electron chi connectivity index (χ3n) is 9.31. The van der Waals surface area contributed by atoms with Crippen LogP contribution in [0.1, 0.15) is 86.0 Å². The predicted octanol–water partition coefficient (Wildman–Crippen LogP) is 4.18. The van der Waals surface area contributed by atoms with Gasteiger partial charge in [-0.25, -0.2) is 0 Å². The smallest absolute Gasteiger partial charge is 0.248 e. The summed E-state index contributed by atoms with van der Waals surface area (Å²) >= 11 is 0. The molecule has 0 radical (unpaired) electrons. The number of unbranched alkanes of at least 4 members (excludes halogenated alkanes) is 2. The number of aliphatic hydroxyl groups excluding tert-OH is 1. The predicted molar refractivity (Wildman–Crippen MR) is 157 cm³/mol. The number of ether oxygens (including phenoxy) is 1. The van der Waals surface area contributed by atoms with Crippen LogP contribution in [0.4, 0.5) is 0 Å². The number of carbonyl (C=O) groups excluding carboxylic acids is 3. The van der Waals surface area contributed by atoms with Gasteiger partial charge in [0.05, 0.1) is 30.1 Å². The first-order chi connectivity index (χ1) is 19.1. The van der Waals surface area contributed by atoms with Gasteiger partial charge in [0.2, 0.25) is 17.7 Å². The fraction of sp³-hybridized carbons (Fsp3) is 0.781. The van der Waals surface area contributed by atoms with Crippen molar-refractivity contribution in [3.05, 3.63) is 25.3 Å². The maximum Gasteiger partial charge on any atom is 0.248 e. The number of nitrogens with zero attached hydrogens (tertiary/aromatic N) is 3. The first-order valence-corrected chi connectivity index (χ1v) is 15.5. The van der Waals surface area contributed by atoms with E-state index in [0.717, 1.165) is 25.7 Å². The van der Waals surface area contributed by atoms with E-state index < -0.39 is 35.1 Å². The monoisotopic (exact) mass is 559 g/mol. The number of hydrogen-bond donors (Lipinski definition) is 1. The number of rotatable bonds is 17. The van der Waals surface area contributed by atoms with Gasteiger partial charge in [-0.1, -0.05) is 59.6 Å². The summed E-state index contributed by atoms with van der Waals surface area (Å²) in [5, 5.41) is 10.5. The van der Waals surface area contributed by atoms with Gasteiger partial charge in [0, 0.05) is 26.2 Å². The van der Waals surface area contributed by atoms with Gasteiger partial charge in [0.1, 0.15) is 11.6 Å². The fourth-order valence-electron chi connectivity index (χ4n) is 7.61. The molecule has 3 heterocycles. The van der Waals surface area contributed by atoms with Gasteiger partial charge in [0.15, 0.2) is 0 Å². The minimum absolute atomic E-state index is 0.0909. The van der Waals surface area contributed by atoms with Crippen LogP contribution in [0, 0.1) is 17.8 Å². The van der Waals surface area contributed by atoms with E-state index in [9.17, 15) is 19.5 Å². The van der Waals surface area contributed by atoms with Crippen LogP contribution in [0.15, 0.2) is 25.3 Å². The molecule has 3 amide bonds. The third-order valence-corrected chi connectivity index (χ3v) is 9.31. The lowest BCUT2D eigenvalue weighted by atomic mass is 9.64. The van der Waals surface area contributed by atoms with Gasteiger partial charge >= 0.3 is 0 Å². The molecule has 40 heavy (non-hydrogen) atoms. The first kappa shape index (κ1) is 32.3. The molecular weight excluding hydrogens is 506 g/mol. The second kappa shape index (κ2) is 13.6. The Bertz CT molecular complexity index is 938. The molecule has 2 bridgehead atoms. The molecule has 0 aromatic rings. The van der Waals surface area contributed by atoms with Gasteiger partial charge in [-0.05, 0) is 44.4 Å². The molecule has 1 N–H and O–H groups in total. The van der Waals surface area contributed by atoms with E-state index in [1.807, 2.05) is 27.7 Å². The second-order valence-corrected chi connectivity index (χ2v) is 12.4. The number of amides is 3. The maximum absolute atomic E-state index is 14.6. The average molecular weight is 560 g/mol. The van der Waals surface area contributed by atoms with E-state index in [0.29, 0.717) is 51.9 Å². The zero-order valence-electron chi connectivity index (χ0n) is 25.6. The van der Waals surface area contributed by atoms with Gasteiger partial charge < -0.3 is 24.5 Å². The van der Waals surface area contributed by atoms with Crippen molar-refractivity contribution in [3.8, 4) is 0 Å². The summed E-state index contributed by atoms with van der Waals surface area (Å²) in [5.74, 6) is -1.70. The molecule has 0 saturated carbocycles. The number of aliphatic hydroxyl groups is 1. The minimum atomic E-state index is -1.09.